The van der Waals surface area contributed by atoms with E-state index in [1.807, 2.05) is 6.07 Å². The third-order valence-electron chi connectivity index (χ3n) is 6.59. The maximum Gasteiger partial charge on any atom is 0.269 e. The molecule has 3 aromatic carbocycles. The number of anilines is 1. The molecule has 0 saturated carbocycles. The van der Waals surface area contributed by atoms with Gasteiger partial charge in [0.2, 0.25) is 0 Å². The number of amides is 1. The Kier molecular flexibility index (Phi) is 8.20. The van der Waals surface area contributed by atoms with Crippen LogP contribution in [0.1, 0.15) is 42.3 Å². The Labute approximate surface area is 214 Å². The molecule has 0 aliphatic carbocycles. The largest absolute Gasteiger partial charge is 0.383 e. The number of aliphatic hydroxyl groups is 1. The first-order valence-electron chi connectivity index (χ1n) is 11.9. The number of non-ortho nitro benzene ring substituents is 1. The highest BCUT2D eigenvalue weighted by atomic mass is 35.5. The predicted molar refractivity (Wildman–Crippen MR) is 137 cm³/mol. The molecule has 1 saturated heterocycles. The number of benzene rings is 3. The number of likely N-dealkylation sites (tertiary alicyclic amines) is 1. The van der Waals surface area contributed by atoms with Gasteiger partial charge in [-0.1, -0.05) is 54.1 Å². The summed E-state index contributed by atoms with van der Waals surface area (Å²) in [5.41, 5.74) is 1.43. The SMILES string of the molecule is O=C([C@@H](O)[C@@H](c1ccccc1)[C@H](c1ccc([N+](=O)[O-])cc1)N(O)c1ccc(Cl)cc1)N1CCCCC1. The van der Waals surface area contributed by atoms with E-state index in [2.05, 4.69) is 0 Å². The van der Waals surface area contributed by atoms with Crippen LogP contribution in [0.25, 0.3) is 0 Å². The van der Waals surface area contributed by atoms with Gasteiger partial charge in [0.1, 0.15) is 6.10 Å². The first kappa shape index (κ1) is 25.6. The van der Waals surface area contributed by atoms with Crippen molar-refractivity contribution in [2.24, 2.45) is 0 Å². The van der Waals surface area contributed by atoms with E-state index in [0.717, 1.165) is 24.3 Å². The zero-order chi connectivity index (χ0) is 25.7. The van der Waals surface area contributed by atoms with Gasteiger partial charge in [0.15, 0.2) is 0 Å². The number of carbonyl (C=O) groups is 1. The van der Waals surface area contributed by atoms with E-state index in [4.69, 9.17) is 11.6 Å². The van der Waals surface area contributed by atoms with Crippen molar-refractivity contribution in [1.82, 2.24) is 4.90 Å². The highest BCUT2D eigenvalue weighted by molar-refractivity contribution is 6.30. The third kappa shape index (κ3) is 5.67. The summed E-state index contributed by atoms with van der Waals surface area (Å²) < 4.78 is 0. The van der Waals surface area contributed by atoms with Crippen molar-refractivity contribution < 1.29 is 20.0 Å². The first-order chi connectivity index (χ1) is 17.4. The smallest absolute Gasteiger partial charge is 0.269 e. The Morgan fingerprint density at radius 1 is 0.917 bits per heavy atom. The molecule has 0 unspecified atom stereocenters. The molecule has 188 valence electrons. The van der Waals surface area contributed by atoms with Crippen molar-refractivity contribution in [3.05, 3.63) is 105 Å². The topological polar surface area (TPSA) is 107 Å². The molecule has 4 rings (SSSR count). The molecule has 0 radical (unpaired) electrons. The van der Waals surface area contributed by atoms with Gasteiger partial charge in [0, 0.05) is 36.2 Å². The third-order valence-corrected chi connectivity index (χ3v) is 6.84. The van der Waals surface area contributed by atoms with Gasteiger partial charge in [0.25, 0.3) is 11.6 Å². The Balaban J connectivity index is 1.82. The molecule has 1 aliphatic heterocycles. The molecule has 1 fully saturated rings. The molecule has 1 heterocycles. The van der Waals surface area contributed by atoms with E-state index in [1.165, 1.54) is 24.3 Å². The molecular formula is C27H28ClN3O5. The summed E-state index contributed by atoms with van der Waals surface area (Å²) >= 11 is 6.04. The summed E-state index contributed by atoms with van der Waals surface area (Å²) in [7, 11) is 0. The Hall–Kier alpha value is -3.46. The highest BCUT2D eigenvalue weighted by Gasteiger charge is 2.40. The first-order valence-corrected chi connectivity index (χ1v) is 12.2. The fraction of sp³-hybridized carbons (Fsp3) is 0.296. The van der Waals surface area contributed by atoms with Gasteiger partial charge >= 0.3 is 0 Å². The lowest BCUT2D eigenvalue weighted by atomic mass is 9.81. The Morgan fingerprint density at radius 3 is 2.11 bits per heavy atom. The second-order valence-electron chi connectivity index (χ2n) is 8.88. The van der Waals surface area contributed by atoms with Crippen molar-refractivity contribution in [3.63, 3.8) is 0 Å². The number of nitro benzene ring substituents is 1. The number of hydrogen-bond acceptors (Lipinski definition) is 6. The quantitative estimate of drug-likeness (QED) is 0.313. The summed E-state index contributed by atoms with van der Waals surface area (Å²) in [6.45, 7) is 1.14. The number of nitro groups is 1. The molecule has 0 bridgehead atoms. The lowest BCUT2D eigenvalue weighted by molar-refractivity contribution is -0.384. The van der Waals surface area contributed by atoms with Crippen molar-refractivity contribution in [2.45, 2.75) is 37.3 Å². The Morgan fingerprint density at radius 2 is 1.53 bits per heavy atom. The highest BCUT2D eigenvalue weighted by Crippen LogP contribution is 2.41. The number of hydrogen-bond donors (Lipinski definition) is 2. The minimum Gasteiger partial charge on any atom is -0.383 e. The number of hydroxylamine groups is 1. The maximum absolute atomic E-state index is 13.5. The van der Waals surface area contributed by atoms with Crippen LogP contribution in [0, 0.1) is 10.1 Å². The van der Waals surface area contributed by atoms with Gasteiger partial charge in [-0.05, 0) is 54.7 Å². The second kappa shape index (κ2) is 11.5. The van der Waals surface area contributed by atoms with Gasteiger partial charge in [-0.3, -0.25) is 20.1 Å². The lowest BCUT2D eigenvalue weighted by Gasteiger charge is -2.38. The summed E-state index contributed by atoms with van der Waals surface area (Å²) in [5, 5.41) is 35.7. The van der Waals surface area contributed by atoms with Gasteiger partial charge in [-0.15, -0.1) is 0 Å². The summed E-state index contributed by atoms with van der Waals surface area (Å²) in [5.74, 6) is -1.29. The van der Waals surface area contributed by atoms with Crippen LogP contribution in [0.4, 0.5) is 11.4 Å². The number of carbonyl (C=O) groups excluding carboxylic acids is 1. The zero-order valence-corrected chi connectivity index (χ0v) is 20.4. The second-order valence-corrected chi connectivity index (χ2v) is 9.32. The fourth-order valence-electron chi connectivity index (χ4n) is 4.72. The van der Waals surface area contributed by atoms with Crippen LogP contribution in [-0.2, 0) is 4.79 Å². The minimum absolute atomic E-state index is 0.102. The van der Waals surface area contributed by atoms with Crippen molar-refractivity contribution in [1.29, 1.82) is 0 Å². The number of piperidine rings is 1. The van der Waals surface area contributed by atoms with Gasteiger partial charge in [0.05, 0.1) is 16.7 Å². The van der Waals surface area contributed by atoms with Crippen LogP contribution in [0.2, 0.25) is 5.02 Å². The van der Waals surface area contributed by atoms with Crippen molar-refractivity contribution >= 4 is 28.9 Å². The molecule has 0 spiro atoms. The van der Waals surface area contributed by atoms with Crippen molar-refractivity contribution in [3.8, 4) is 0 Å². The lowest BCUT2D eigenvalue weighted by Crippen LogP contribution is -2.47. The van der Waals surface area contributed by atoms with Crippen LogP contribution in [0.3, 0.4) is 0 Å². The average molecular weight is 510 g/mol. The number of nitrogens with zero attached hydrogens (tertiary/aromatic N) is 3. The summed E-state index contributed by atoms with van der Waals surface area (Å²) in [6, 6.07) is 20.4. The molecule has 0 aromatic heterocycles. The molecule has 2 N–H and O–H groups in total. The fourth-order valence-corrected chi connectivity index (χ4v) is 4.84. The number of aliphatic hydroxyl groups excluding tert-OH is 1. The molecule has 1 aliphatic rings. The number of halogens is 1. The Bertz CT molecular complexity index is 1170. The maximum atomic E-state index is 13.5. The monoisotopic (exact) mass is 509 g/mol. The van der Waals surface area contributed by atoms with Crippen LogP contribution < -0.4 is 5.06 Å². The summed E-state index contributed by atoms with van der Waals surface area (Å²) in [4.78, 5) is 25.9. The predicted octanol–water partition coefficient (Wildman–Crippen LogP) is 5.34. The number of rotatable bonds is 8. The van der Waals surface area contributed by atoms with Crippen LogP contribution in [0.5, 0.6) is 0 Å². The van der Waals surface area contributed by atoms with Crippen LogP contribution in [-0.4, -0.2) is 45.2 Å². The zero-order valence-electron chi connectivity index (χ0n) is 19.6. The normalized spacial score (nSPS) is 16.1. The molecular weight excluding hydrogens is 482 g/mol. The van der Waals surface area contributed by atoms with Crippen LogP contribution >= 0.6 is 11.6 Å². The molecule has 36 heavy (non-hydrogen) atoms. The van der Waals surface area contributed by atoms with E-state index in [1.54, 1.807) is 53.4 Å². The molecule has 8 nitrogen and oxygen atoms in total. The van der Waals surface area contributed by atoms with Gasteiger partial charge in [-0.2, -0.15) is 0 Å². The van der Waals surface area contributed by atoms with E-state index >= 15 is 0 Å². The van der Waals surface area contributed by atoms with Gasteiger partial charge < -0.3 is 10.0 Å². The molecule has 1 amide bonds. The van der Waals surface area contributed by atoms with E-state index in [0.29, 0.717) is 34.9 Å². The van der Waals surface area contributed by atoms with Crippen LogP contribution in [0.15, 0.2) is 78.9 Å². The van der Waals surface area contributed by atoms with E-state index in [9.17, 15) is 25.2 Å². The van der Waals surface area contributed by atoms with E-state index < -0.39 is 28.9 Å². The molecule has 3 aromatic rings. The molecule has 3 atom stereocenters. The summed E-state index contributed by atoms with van der Waals surface area (Å²) in [6.07, 6.45) is 1.32. The standard InChI is InChI=1S/C27H28ClN3O5/c28-21-11-15-22(16-12-21)30(34)25(20-9-13-23(14-10-20)31(35)36)24(19-7-3-1-4-8-19)26(32)27(33)29-17-5-2-6-18-29/h1,3-4,7-16,24-26,32,34H,2,5-6,17-18H2/t24-,25-,26-/m0/s1. The van der Waals surface area contributed by atoms with Gasteiger partial charge in [-0.25, -0.2) is 5.06 Å². The minimum atomic E-state index is -1.47. The average Bonchev–Trinajstić information content (AvgIpc) is 2.92. The molecule has 9 heteroatoms. The van der Waals surface area contributed by atoms with E-state index in [-0.39, 0.29) is 5.69 Å². The van der Waals surface area contributed by atoms with Crippen molar-refractivity contribution in [2.75, 3.05) is 18.2 Å².